The molecule has 0 saturated carbocycles. The third kappa shape index (κ3) is 2.99. The first-order valence-electron chi connectivity index (χ1n) is 8.27. The number of nitrogens with zero attached hydrogens (tertiary/aromatic N) is 2. The molecule has 0 atom stereocenters. The van der Waals surface area contributed by atoms with E-state index in [0.717, 1.165) is 17.9 Å². The summed E-state index contributed by atoms with van der Waals surface area (Å²) in [6.45, 7) is 6.68. The highest BCUT2D eigenvalue weighted by Gasteiger charge is 2.29. The molecule has 0 aliphatic carbocycles. The fraction of sp³-hybridized carbons (Fsp3) is 0.368. The van der Waals surface area contributed by atoms with Crippen LogP contribution in [0, 0.1) is 13.8 Å². The molecule has 0 unspecified atom stereocenters. The molecule has 1 aromatic carbocycles. The lowest BCUT2D eigenvalue weighted by Crippen LogP contribution is -2.42. The molecule has 6 heteroatoms. The molecule has 25 heavy (non-hydrogen) atoms. The molecule has 0 bridgehead atoms. The van der Waals surface area contributed by atoms with Gasteiger partial charge in [-0.05, 0) is 39.0 Å². The van der Waals surface area contributed by atoms with E-state index < -0.39 is 0 Å². The number of methoxy groups -OCH3 is 1. The predicted octanol–water partition coefficient (Wildman–Crippen LogP) is 2.74. The summed E-state index contributed by atoms with van der Waals surface area (Å²) in [4.78, 5) is 26.7. The third-order valence-electron chi connectivity index (χ3n) is 4.60. The summed E-state index contributed by atoms with van der Waals surface area (Å²) >= 11 is 0. The van der Waals surface area contributed by atoms with Gasteiger partial charge in [-0.25, -0.2) is 0 Å². The fourth-order valence-corrected chi connectivity index (χ4v) is 3.28. The first-order valence-corrected chi connectivity index (χ1v) is 8.27. The first kappa shape index (κ1) is 17.1. The lowest BCUT2D eigenvalue weighted by Gasteiger charge is -2.29. The highest BCUT2D eigenvalue weighted by atomic mass is 16.5. The van der Waals surface area contributed by atoms with E-state index in [2.05, 4.69) is 4.57 Å². The van der Waals surface area contributed by atoms with Gasteiger partial charge >= 0.3 is 0 Å². The van der Waals surface area contributed by atoms with Crippen molar-refractivity contribution < 1.29 is 19.1 Å². The third-order valence-corrected chi connectivity index (χ3v) is 4.60. The smallest absolute Gasteiger partial charge is 0.265 e. The van der Waals surface area contributed by atoms with E-state index >= 15 is 0 Å². The maximum Gasteiger partial charge on any atom is 0.265 e. The van der Waals surface area contributed by atoms with Crippen molar-refractivity contribution in [3.8, 4) is 11.5 Å². The molecule has 3 rings (SSSR count). The van der Waals surface area contributed by atoms with Crippen molar-refractivity contribution >= 4 is 17.4 Å². The number of benzene rings is 1. The van der Waals surface area contributed by atoms with Crippen LogP contribution in [0.2, 0.25) is 0 Å². The van der Waals surface area contributed by atoms with Crippen LogP contribution in [0.4, 0.5) is 5.69 Å². The summed E-state index contributed by atoms with van der Waals surface area (Å²) in [7, 11) is 1.56. The van der Waals surface area contributed by atoms with Crippen LogP contribution in [0.15, 0.2) is 24.3 Å². The van der Waals surface area contributed by atoms with E-state index in [9.17, 15) is 9.59 Å². The van der Waals surface area contributed by atoms with Crippen molar-refractivity contribution in [1.29, 1.82) is 0 Å². The zero-order valence-electron chi connectivity index (χ0n) is 15.0. The number of aryl methyl sites for hydroxylation is 1. The number of ketones is 1. The Labute approximate surface area is 146 Å². The number of ether oxygens (including phenoxy) is 2. The second-order valence-corrected chi connectivity index (χ2v) is 6.05. The first-order chi connectivity index (χ1) is 12.0. The van der Waals surface area contributed by atoms with Crippen molar-refractivity contribution in [3.63, 3.8) is 0 Å². The number of amides is 1. The lowest BCUT2D eigenvalue weighted by molar-refractivity contribution is -0.121. The molecule has 1 aromatic heterocycles. The Kier molecular flexibility index (Phi) is 4.53. The Morgan fingerprint density at radius 2 is 2.04 bits per heavy atom. The van der Waals surface area contributed by atoms with Crippen LogP contribution in [0.1, 0.15) is 28.7 Å². The molecule has 2 heterocycles. The molecule has 1 amide bonds. The van der Waals surface area contributed by atoms with Crippen molar-refractivity contribution in [2.75, 3.05) is 25.2 Å². The van der Waals surface area contributed by atoms with Crippen LogP contribution in [0.3, 0.4) is 0 Å². The summed E-state index contributed by atoms with van der Waals surface area (Å²) in [6.07, 6.45) is 0. The molecule has 0 saturated heterocycles. The van der Waals surface area contributed by atoms with Crippen LogP contribution in [0.5, 0.6) is 11.5 Å². The Bertz CT molecular complexity index is 838. The van der Waals surface area contributed by atoms with E-state index in [1.807, 2.05) is 26.8 Å². The van der Waals surface area contributed by atoms with Gasteiger partial charge in [-0.2, -0.15) is 0 Å². The highest BCUT2D eigenvalue weighted by molar-refractivity contribution is 6.08. The molecular weight excluding hydrogens is 320 g/mol. The van der Waals surface area contributed by atoms with Crippen molar-refractivity contribution in [2.24, 2.45) is 0 Å². The molecule has 0 radical (unpaired) electrons. The number of hydrogen-bond acceptors (Lipinski definition) is 4. The normalized spacial score (nSPS) is 13.4. The van der Waals surface area contributed by atoms with Gasteiger partial charge in [-0.15, -0.1) is 0 Å². The molecule has 0 fully saturated rings. The minimum atomic E-state index is -0.238. The molecule has 6 nitrogen and oxygen atoms in total. The van der Waals surface area contributed by atoms with Crippen LogP contribution < -0.4 is 14.4 Å². The zero-order chi connectivity index (χ0) is 18.1. The number of anilines is 1. The lowest BCUT2D eigenvalue weighted by atomic mass is 10.1. The Morgan fingerprint density at radius 1 is 1.28 bits per heavy atom. The largest absolute Gasteiger partial charge is 0.497 e. The molecule has 1 aliphatic rings. The SMILES string of the molecule is CCn1c(C)cc(C(=O)CN2C(=O)COc3ccc(OC)cc32)c1C. The average Bonchev–Trinajstić information content (AvgIpc) is 2.90. The number of Topliss-reactive ketones (excluding diaryl/α,β-unsaturated/α-hetero) is 1. The van der Waals surface area contributed by atoms with E-state index in [1.54, 1.807) is 25.3 Å². The van der Waals surface area contributed by atoms with Crippen LogP contribution in [0.25, 0.3) is 0 Å². The standard InChI is InChI=1S/C19H22N2O4/c1-5-20-12(2)8-15(13(20)3)17(22)10-21-16-9-14(24-4)6-7-18(16)25-11-19(21)23/h6-9H,5,10-11H2,1-4H3. The van der Waals surface area contributed by atoms with Gasteiger partial charge in [-0.1, -0.05) is 0 Å². The van der Waals surface area contributed by atoms with Crippen molar-refractivity contribution in [2.45, 2.75) is 27.3 Å². The van der Waals surface area contributed by atoms with Gasteiger partial charge in [0.05, 0.1) is 19.3 Å². The van der Waals surface area contributed by atoms with E-state index in [-0.39, 0.29) is 24.8 Å². The minimum absolute atomic E-state index is 0.0175. The van der Waals surface area contributed by atoms with Crippen LogP contribution >= 0.6 is 0 Å². The van der Waals surface area contributed by atoms with Gasteiger partial charge in [0.15, 0.2) is 12.4 Å². The maximum atomic E-state index is 12.8. The van der Waals surface area contributed by atoms with Gasteiger partial charge in [0.2, 0.25) is 0 Å². The molecule has 0 spiro atoms. The van der Waals surface area contributed by atoms with Gasteiger partial charge < -0.3 is 14.0 Å². The van der Waals surface area contributed by atoms with E-state index in [0.29, 0.717) is 22.7 Å². The number of rotatable bonds is 5. The van der Waals surface area contributed by atoms with Crippen molar-refractivity contribution in [3.05, 3.63) is 41.2 Å². The predicted molar refractivity (Wildman–Crippen MR) is 94.8 cm³/mol. The average molecular weight is 342 g/mol. The molecule has 0 N–H and O–H groups in total. The second-order valence-electron chi connectivity index (χ2n) is 6.05. The number of hydrogen-bond donors (Lipinski definition) is 0. The van der Waals surface area contributed by atoms with Crippen LogP contribution in [-0.4, -0.2) is 36.5 Å². The van der Waals surface area contributed by atoms with E-state index in [4.69, 9.17) is 9.47 Å². The Morgan fingerprint density at radius 3 is 2.68 bits per heavy atom. The second kappa shape index (κ2) is 6.63. The van der Waals surface area contributed by atoms with Gasteiger partial charge in [0, 0.05) is 29.6 Å². The maximum absolute atomic E-state index is 12.8. The number of carbonyl (C=O) groups excluding carboxylic acids is 2. The summed E-state index contributed by atoms with van der Waals surface area (Å²) in [5.74, 6) is 0.862. The van der Waals surface area contributed by atoms with Gasteiger partial charge in [0.1, 0.15) is 11.5 Å². The Balaban J connectivity index is 1.93. The van der Waals surface area contributed by atoms with Crippen LogP contribution in [-0.2, 0) is 11.3 Å². The summed E-state index contributed by atoms with van der Waals surface area (Å²) < 4.78 is 12.8. The summed E-state index contributed by atoms with van der Waals surface area (Å²) in [5, 5.41) is 0. The quantitative estimate of drug-likeness (QED) is 0.784. The Hall–Kier alpha value is -2.76. The molecule has 132 valence electrons. The topological polar surface area (TPSA) is 60.8 Å². The highest BCUT2D eigenvalue weighted by Crippen LogP contribution is 2.35. The summed E-state index contributed by atoms with van der Waals surface area (Å²) in [5.41, 5.74) is 3.19. The molecule has 1 aliphatic heterocycles. The van der Waals surface area contributed by atoms with Crippen molar-refractivity contribution in [1.82, 2.24) is 4.57 Å². The van der Waals surface area contributed by atoms with Gasteiger partial charge in [0.25, 0.3) is 5.91 Å². The molecule has 2 aromatic rings. The summed E-state index contributed by atoms with van der Waals surface area (Å²) in [6, 6.07) is 7.12. The monoisotopic (exact) mass is 342 g/mol. The molecular formula is C19H22N2O4. The zero-order valence-corrected chi connectivity index (χ0v) is 15.0. The number of fused-ring (bicyclic) bond motifs is 1. The van der Waals surface area contributed by atoms with E-state index in [1.165, 1.54) is 4.90 Å². The minimum Gasteiger partial charge on any atom is -0.497 e. The fourth-order valence-electron chi connectivity index (χ4n) is 3.28. The number of carbonyl (C=O) groups is 2. The number of aromatic nitrogens is 1. The van der Waals surface area contributed by atoms with Gasteiger partial charge in [-0.3, -0.25) is 14.5 Å².